The highest BCUT2D eigenvalue weighted by Crippen LogP contribution is 2.19. The van der Waals surface area contributed by atoms with Gasteiger partial charge in [0.05, 0.1) is 6.10 Å². The monoisotopic (exact) mass is 221 g/mol. The third-order valence-corrected chi connectivity index (χ3v) is 2.74. The van der Waals surface area contributed by atoms with Gasteiger partial charge in [0.1, 0.15) is 0 Å². The molecule has 0 saturated carbocycles. The number of rotatable bonds is 7. The van der Waals surface area contributed by atoms with Crippen LogP contribution in [0.1, 0.15) is 38.2 Å². The Bertz CT molecular complexity index is 271. The quantitative estimate of drug-likeness (QED) is 0.741. The van der Waals surface area contributed by atoms with E-state index in [-0.39, 0.29) is 6.10 Å². The van der Waals surface area contributed by atoms with Gasteiger partial charge in [0.2, 0.25) is 0 Å². The summed E-state index contributed by atoms with van der Waals surface area (Å²) in [5, 5.41) is 12.5. The molecule has 16 heavy (non-hydrogen) atoms. The summed E-state index contributed by atoms with van der Waals surface area (Å²) in [5.74, 6) is 0.560. The van der Waals surface area contributed by atoms with Gasteiger partial charge in [-0.15, -0.1) is 0 Å². The number of hydrogen-bond acceptors (Lipinski definition) is 2. The van der Waals surface area contributed by atoms with Crippen molar-refractivity contribution in [1.29, 1.82) is 0 Å². The van der Waals surface area contributed by atoms with Gasteiger partial charge in [0.25, 0.3) is 0 Å². The highest BCUT2D eigenvalue weighted by atomic mass is 16.3. The first kappa shape index (κ1) is 13.2. The van der Waals surface area contributed by atoms with Crippen LogP contribution in [0.2, 0.25) is 0 Å². The van der Waals surface area contributed by atoms with Crippen LogP contribution in [0.5, 0.6) is 0 Å². The molecule has 1 aromatic rings. The van der Waals surface area contributed by atoms with Crippen LogP contribution in [-0.2, 0) is 0 Å². The van der Waals surface area contributed by atoms with E-state index in [4.69, 9.17) is 0 Å². The molecule has 2 atom stereocenters. The molecule has 2 unspecified atom stereocenters. The van der Waals surface area contributed by atoms with Gasteiger partial charge in [-0.3, -0.25) is 0 Å². The van der Waals surface area contributed by atoms with E-state index in [0.717, 1.165) is 6.54 Å². The zero-order chi connectivity index (χ0) is 11.8. The second-order valence-electron chi connectivity index (χ2n) is 4.40. The highest BCUT2D eigenvalue weighted by molar-refractivity contribution is 5.19. The maximum absolute atomic E-state index is 9.20. The predicted molar refractivity (Wildman–Crippen MR) is 68.6 cm³/mol. The first-order valence-electron chi connectivity index (χ1n) is 6.17. The minimum Gasteiger partial charge on any atom is -0.392 e. The second kappa shape index (κ2) is 7.42. The van der Waals surface area contributed by atoms with Crippen molar-refractivity contribution in [2.24, 2.45) is 0 Å². The maximum atomic E-state index is 9.20. The van der Waals surface area contributed by atoms with Crippen LogP contribution in [0.15, 0.2) is 30.3 Å². The number of benzene rings is 1. The van der Waals surface area contributed by atoms with Gasteiger partial charge < -0.3 is 10.4 Å². The topological polar surface area (TPSA) is 32.3 Å². The normalized spacial score (nSPS) is 14.7. The third-order valence-electron chi connectivity index (χ3n) is 2.74. The first-order valence-corrected chi connectivity index (χ1v) is 6.17. The summed E-state index contributed by atoms with van der Waals surface area (Å²) in [6, 6.07) is 10.6. The largest absolute Gasteiger partial charge is 0.392 e. The van der Waals surface area contributed by atoms with E-state index in [1.54, 1.807) is 0 Å². The lowest BCUT2D eigenvalue weighted by Gasteiger charge is -2.18. The van der Waals surface area contributed by atoms with Crippen molar-refractivity contribution in [3.63, 3.8) is 0 Å². The van der Waals surface area contributed by atoms with E-state index in [1.165, 1.54) is 18.4 Å². The second-order valence-corrected chi connectivity index (χ2v) is 4.40. The molecule has 1 aromatic carbocycles. The molecule has 0 spiro atoms. The Labute approximate surface area is 98.7 Å². The Morgan fingerprint density at radius 3 is 2.44 bits per heavy atom. The van der Waals surface area contributed by atoms with Crippen LogP contribution < -0.4 is 5.32 Å². The zero-order valence-electron chi connectivity index (χ0n) is 10.3. The van der Waals surface area contributed by atoms with Crippen LogP contribution in [0.25, 0.3) is 0 Å². The van der Waals surface area contributed by atoms with Crippen LogP contribution in [0.4, 0.5) is 0 Å². The van der Waals surface area contributed by atoms with Crippen molar-refractivity contribution < 1.29 is 5.11 Å². The molecule has 2 heteroatoms. The fourth-order valence-corrected chi connectivity index (χ4v) is 1.93. The van der Waals surface area contributed by atoms with Crippen molar-refractivity contribution in [1.82, 2.24) is 5.32 Å². The summed E-state index contributed by atoms with van der Waals surface area (Å²) in [6.07, 6.45) is 2.12. The molecular formula is C14H23NO. The third kappa shape index (κ3) is 4.77. The molecule has 0 bridgehead atoms. The van der Waals surface area contributed by atoms with Crippen LogP contribution >= 0.6 is 0 Å². The van der Waals surface area contributed by atoms with Crippen molar-refractivity contribution in [3.8, 4) is 0 Å². The van der Waals surface area contributed by atoms with E-state index in [9.17, 15) is 5.11 Å². The van der Waals surface area contributed by atoms with Gasteiger partial charge in [-0.1, -0.05) is 43.7 Å². The van der Waals surface area contributed by atoms with Gasteiger partial charge >= 0.3 is 0 Å². The molecule has 0 aliphatic heterocycles. The average molecular weight is 221 g/mol. The highest BCUT2D eigenvalue weighted by Gasteiger charge is 2.09. The van der Waals surface area contributed by atoms with Crippen molar-refractivity contribution in [2.75, 3.05) is 13.1 Å². The molecule has 0 aliphatic carbocycles. The van der Waals surface area contributed by atoms with Crippen molar-refractivity contribution in [2.45, 2.75) is 38.7 Å². The summed E-state index contributed by atoms with van der Waals surface area (Å²) < 4.78 is 0. The lowest BCUT2D eigenvalue weighted by molar-refractivity contribution is 0.190. The lowest BCUT2D eigenvalue weighted by atomic mass is 9.94. The molecule has 0 saturated heterocycles. The Kier molecular flexibility index (Phi) is 6.12. The molecule has 90 valence electrons. The van der Waals surface area contributed by atoms with Crippen molar-refractivity contribution >= 4 is 0 Å². The molecule has 0 radical (unpaired) electrons. The van der Waals surface area contributed by atoms with Gasteiger partial charge in [0.15, 0.2) is 0 Å². The Morgan fingerprint density at radius 1 is 1.19 bits per heavy atom. The maximum Gasteiger partial charge on any atom is 0.0636 e. The molecule has 2 nitrogen and oxygen atoms in total. The van der Waals surface area contributed by atoms with Gasteiger partial charge in [-0.25, -0.2) is 0 Å². The molecule has 0 fully saturated rings. The smallest absolute Gasteiger partial charge is 0.0636 e. The Morgan fingerprint density at radius 2 is 1.88 bits per heavy atom. The molecule has 2 N–H and O–H groups in total. The summed E-state index contributed by atoms with van der Waals surface area (Å²) in [7, 11) is 0. The standard InChI is InChI=1S/C14H23NO/c1-3-7-14(11-15-10-12(2)16)13-8-5-4-6-9-13/h4-6,8-9,12,14-16H,3,7,10-11H2,1-2H3. The van der Waals surface area contributed by atoms with Crippen LogP contribution in [0.3, 0.4) is 0 Å². The number of aliphatic hydroxyl groups excluding tert-OH is 1. The lowest BCUT2D eigenvalue weighted by Crippen LogP contribution is -2.28. The summed E-state index contributed by atoms with van der Waals surface area (Å²) in [4.78, 5) is 0. The van der Waals surface area contributed by atoms with Crippen LogP contribution in [-0.4, -0.2) is 24.3 Å². The Balaban J connectivity index is 2.48. The van der Waals surface area contributed by atoms with Crippen LogP contribution in [0, 0.1) is 0 Å². The summed E-state index contributed by atoms with van der Waals surface area (Å²) >= 11 is 0. The fraction of sp³-hybridized carbons (Fsp3) is 0.571. The number of hydrogen-bond donors (Lipinski definition) is 2. The van der Waals surface area contributed by atoms with E-state index >= 15 is 0 Å². The minimum absolute atomic E-state index is 0.266. The summed E-state index contributed by atoms with van der Waals surface area (Å²) in [5.41, 5.74) is 1.39. The van der Waals surface area contributed by atoms with E-state index in [2.05, 4.69) is 42.6 Å². The predicted octanol–water partition coefficient (Wildman–Crippen LogP) is 2.54. The van der Waals surface area contributed by atoms with Gasteiger partial charge in [-0.2, -0.15) is 0 Å². The fourth-order valence-electron chi connectivity index (χ4n) is 1.93. The zero-order valence-corrected chi connectivity index (χ0v) is 10.3. The number of aliphatic hydroxyl groups is 1. The van der Waals surface area contributed by atoms with Gasteiger partial charge in [0, 0.05) is 13.1 Å². The average Bonchev–Trinajstić information content (AvgIpc) is 2.29. The van der Waals surface area contributed by atoms with E-state index in [1.807, 2.05) is 6.92 Å². The molecule has 0 aromatic heterocycles. The van der Waals surface area contributed by atoms with E-state index < -0.39 is 0 Å². The summed E-state index contributed by atoms with van der Waals surface area (Å²) in [6.45, 7) is 5.64. The van der Waals surface area contributed by atoms with E-state index in [0.29, 0.717) is 12.5 Å². The molecular weight excluding hydrogens is 198 g/mol. The molecule has 0 amide bonds. The van der Waals surface area contributed by atoms with Crippen molar-refractivity contribution in [3.05, 3.63) is 35.9 Å². The Hall–Kier alpha value is -0.860. The molecule has 1 rings (SSSR count). The first-order chi connectivity index (χ1) is 7.74. The van der Waals surface area contributed by atoms with Gasteiger partial charge in [-0.05, 0) is 24.8 Å². The minimum atomic E-state index is -0.266. The molecule has 0 aliphatic rings. The number of nitrogens with one attached hydrogen (secondary N) is 1. The molecule has 0 heterocycles. The SMILES string of the molecule is CCCC(CNCC(C)O)c1ccccc1.